The molecule has 2 nitrogen and oxygen atoms in total. The van der Waals surface area contributed by atoms with Crippen molar-refractivity contribution in [3.05, 3.63) is 29.8 Å². The van der Waals surface area contributed by atoms with Crippen LogP contribution in [0.15, 0.2) is 24.3 Å². The second-order valence-corrected chi connectivity index (χ2v) is 5.07. The van der Waals surface area contributed by atoms with Gasteiger partial charge in [-0.2, -0.15) is 0 Å². The van der Waals surface area contributed by atoms with Crippen LogP contribution >= 0.6 is 0 Å². The Hall–Kier alpha value is -1.02. The van der Waals surface area contributed by atoms with E-state index < -0.39 is 0 Å². The molecule has 3 N–H and O–H groups in total. The van der Waals surface area contributed by atoms with Gasteiger partial charge in [0, 0.05) is 5.69 Å². The van der Waals surface area contributed by atoms with E-state index in [0.29, 0.717) is 5.92 Å². The van der Waals surface area contributed by atoms with Crippen molar-refractivity contribution in [1.29, 1.82) is 0 Å². The largest absolute Gasteiger partial charge is 0.399 e. The van der Waals surface area contributed by atoms with Crippen LogP contribution in [0.5, 0.6) is 0 Å². The maximum absolute atomic E-state index is 5.68. The number of rotatable bonds is 7. The molecule has 0 radical (unpaired) electrons. The van der Waals surface area contributed by atoms with E-state index >= 15 is 0 Å². The lowest BCUT2D eigenvalue weighted by Gasteiger charge is -2.14. The average Bonchev–Trinajstić information content (AvgIpc) is 2.34. The van der Waals surface area contributed by atoms with Crippen molar-refractivity contribution in [2.24, 2.45) is 5.92 Å². The van der Waals surface area contributed by atoms with Crippen molar-refractivity contribution in [2.45, 2.75) is 39.5 Å². The molecule has 0 heterocycles. The lowest BCUT2D eigenvalue weighted by molar-refractivity contribution is 0.486. The smallest absolute Gasteiger partial charge is 0.0314 e. The first-order chi connectivity index (χ1) is 8.13. The Morgan fingerprint density at radius 1 is 1.18 bits per heavy atom. The summed E-state index contributed by atoms with van der Waals surface area (Å²) in [6.07, 6.45) is 2.43. The molecule has 17 heavy (non-hydrogen) atoms. The highest BCUT2D eigenvalue weighted by atomic mass is 14.8. The van der Waals surface area contributed by atoms with Crippen molar-refractivity contribution in [3.8, 4) is 0 Å². The Bertz CT molecular complexity index is 305. The predicted octanol–water partition coefficient (Wildman–Crippen LogP) is 3.40. The average molecular weight is 234 g/mol. The standard InChI is InChI=1S/C15H26N2/c1-4-12(2)11-17-10-9-13(3)14-5-7-15(16)8-6-14/h5-8,12-13,17H,4,9-11,16H2,1-3H3. The third kappa shape index (κ3) is 5.22. The molecule has 0 saturated carbocycles. The molecule has 0 aliphatic carbocycles. The van der Waals surface area contributed by atoms with Gasteiger partial charge in [0.25, 0.3) is 0 Å². The quantitative estimate of drug-likeness (QED) is 0.560. The summed E-state index contributed by atoms with van der Waals surface area (Å²) in [5.74, 6) is 1.38. The van der Waals surface area contributed by atoms with Crippen LogP contribution in [-0.2, 0) is 0 Å². The molecule has 0 saturated heterocycles. The van der Waals surface area contributed by atoms with Gasteiger partial charge >= 0.3 is 0 Å². The number of nitrogens with two attached hydrogens (primary N) is 1. The normalized spacial score (nSPS) is 14.5. The van der Waals surface area contributed by atoms with Crippen LogP contribution < -0.4 is 11.1 Å². The molecule has 0 aliphatic heterocycles. The Kier molecular flexibility index (Phi) is 6.06. The maximum Gasteiger partial charge on any atom is 0.0314 e. The fraction of sp³-hybridized carbons (Fsp3) is 0.600. The number of benzene rings is 1. The highest BCUT2D eigenvalue weighted by Gasteiger charge is 2.05. The van der Waals surface area contributed by atoms with Gasteiger partial charge in [-0.05, 0) is 49.0 Å². The maximum atomic E-state index is 5.68. The summed E-state index contributed by atoms with van der Waals surface area (Å²) in [6.45, 7) is 9.02. The Morgan fingerprint density at radius 2 is 1.82 bits per heavy atom. The first-order valence-electron chi connectivity index (χ1n) is 6.69. The number of hydrogen-bond acceptors (Lipinski definition) is 2. The van der Waals surface area contributed by atoms with Gasteiger partial charge in [0.15, 0.2) is 0 Å². The summed E-state index contributed by atoms with van der Waals surface area (Å²) in [4.78, 5) is 0. The van der Waals surface area contributed by atoms with Gasteiger partial charge in [-0.3, -0.25) is 0 Å². The molecule has 1 aromatic carbocycles. The van der Waals surface area contributed by atoms with Gasteiger partial charge in [0.05, 0.1) is 0 Å². The molecule has 2 atom stereocenters. The minimum absolute atomic E-state index is 0.597. The Labute approximate surface area is 106 Å². The van der Waals surface area contributed by atoms with E-state index in [1.165, 1.54) is 18.4 Å². The molecule has 0 aromatic heterocycles. The Morgan fingerprint density at radius 3 is 2.41 bits per heavy atom. The molecule has 0 fully saturated rings. The molecule has 96 valence electrons. The number of nitrogens with one attached hydrogen (secondary N) is 1. The zero-order valence-electron chi connectivity index (χ0n) is 11.4. The monoisotopic (exact) mass is 234 g/mol. The van der Waals surface area contributed by atoms with Gasteiger partial charge in [0.2, 0.25) is 0 Å². The van der Waals surface area contributed by atoms with Crippen molar-refractivity contribution < 1.29 is 0 Å². The predicted molar refractivity (Wildman–Crippen MR) is 76.2 cm³/mol. The van der Waals surface area contributed by atoms with E-state index in [9.17, 15) is 0 Å². The van der Waals surface area contributed by atoms with Crippen molar-refractivity contribution in [2.75, 3.05) is 18.8 Å². The van der Waals surface area contributed by atoms with Crippen LogP contribution in [0.2, 0.25) is 0 Å². The van der Waals surface area contributed by atoms with E-state index in [1.54, 1.807) is 0 Å². The van der Waals surface area contributed by atoms with E-state index in [0.717, 1.165) is 24.7 Å². The van der Waals surface area contributed by atoms with E-state index in [4.69, 9.17) is 5.73 Å². The van der Waals surface area contributed by atoms with E-state index in [2.05, 4.69) is 38.2 Å². The summed E-state index contributed by atoms with van der Waals surface area (Å²) >= 11 is 0. The van der Waals surface area contributed by atoms with Gasteiger partial charge in [0.1, 0.15) is 0 Å². The second-order valence-electron chi connectivity index (χ2n) is 5.07. The molecule has 2 heteroatoms. The van der Waals surface area contributed by atoms with Crippen molar-refractivity contribution in [3.63, 3.8) is 0 Å². The molecule has 0 amide bonds. The van der Waals surface area contributed by atoms with Crippen LogP contribution in [0.1, 0.15) is 45.1 Å². The highest BCUT2D eigenvalue weighted by molar-refractivity contribution is 5.40. The van der Waals surface area contributed by atoms with Gasteiger partial charge in [-0.1, -0.05) is 39.3 Å². The minimum atomic E-state index is 0.597. The zero-order chi connectivity index (χ0) is 12.7. The molecule has 0 aliphatic rings. The summed E-state index contributed by atoms with van der Waals surface area (Å²) in [5, 5.41) is 3.52. The van der Waals surface area contributed by atoms with Crippen LogP contribution in [0, 0.1) is 5.92 Å². The van der Waals surface area contributed by atoms with Crippen LogP contribution in [0.25, 0.3) is 0 Å². The lowest BCUT2D eigenvalue weighted by Crippen LogP contribution is -2.22. The zero-order valence-corrected chi connectivity index (χ0v) is 11.4. The fourth-order valence-electron chi connectivity index (χ4n) is 1.80. The van der Waals surface area contributed by atoms with Crippen LogP contribution in [0.4, 0.5) is 5.69 Å². The molecule has 1 rings (SSSR count). The van der Waals surface area contributed by atoms with E-state index in [-0.39, 0.29) is 0 Å². The molecule has 0 spiro atoms. The van der Waals surface area contributed by atoms with Gasteiger partial charge in [-0.25, -0.2) is 0 Å². The van der Waals surface area contributed by atoms with Crippen LogP contribution in [-0.4, -0.2) is 13.1 Å². The molecule has 1 aromatic rings. The van der Waals surface area contributed by atoms with E-state index in [1.807, 2.05) is 12.1 Å². The van der Waals surface area contributed by atoms with Crippen molar-refractivity contribution >= 4 is 5.69 Å². The molecular formula is C15H26N2. The third-order valence-corrected chi connectivity index (χ3v) is 3.45. The number of nitrogen functional groups attached to an aromatic ring is 1. The summed E-state index contributed by atoms with van der Waals surface area (Å²) in [7, 11) is 0. The summed E-state index contributed by atoms with van der Waals surface area (Å²) in [6, 6.07) is 8.24. The molecular weight excluding hydrogens is 208 g/mol. The summed E-state index contributed by atoms with van der Waals surface area (Å²) in [5.41, 5.74) is 7.91. The Balaban J connectivity index is 2.25. The highest BCUT2D eigenvalue weighted by Crippen LogP contribution is 2.19. The first kappa shape index (κ1) is 14.0. The lowest BCUT2D eigenvalue weighted by atomic mass is 9.97. The minimum Gasteiger partial charge on any atom is -0.399 e. The summed E-state index contributed by atoms with van der Waals surface area (Å²) < 4.78 is 0. The fourth-order valence-corrected chi connectivity index (χ4v) is 1.80. The second kappa shape index (κ2) is 7.33. The number of hydrogen-bond donors (Lipinski definition) is 2. The molecule has 0 bridgehead atoms. The van der Waals surface area contributed by atoms with Crippen molar-refractivity contribution in [1.82, 2.24) is 5.32 Å². The third-order valence-electron chi connectivity index (χ3n) is 3.45. The van der Waals surface area contributed by atoms with Gasteiger partial charge < -0.3 is 11.1 Å². The first-order valence-corrected chi connectivity index (χ1v) is 6.69. The topological polar surface area (TPSA) is 38.0 Å². The van der Waals surface area contributed by atoms with Crippen LogP contribution in [0.3, 0.4) is 0 Å². The SMILES string of the molecule is CCC(C)CNCCC(C)c1ccc(N)cc1. The van der Waals surface area contributed by atoms with Gasteiger partial charge in [-0.15, -0.1) is 0 Å². The molecule has 2 unspecified atom stereocenters. The number of anilines is 1.